The molecule has 0 aliphatic rings. The standard InChI is InChI=1S/C13H12N4O3/c1-16-11-5-4-9(13(19)17(2)20-3)15-10(11)6-8(7-14)12(16)18/h4-6H,1-3H3. The van der Waals surface area contributed by atoms with Crippen LogP contribution in [0, 0.1) is 11.3 Å². The average molecular weight is 272 g/mol. The van der Waals surface area contributed by atoms with Gasteiger partial charge in [0.15, 0.2) is 0 Å². The van der Waals surface area contributed by atoms with E-state index >= 15 is 0 Å². The summed E-state index contributed by atoms with van der Waals surface area (Å²) in [5, 5.41) is 9.96. The number of carbonyl (C=O) groups excluding carboxylic acids is 1. The van der Waals surface area contributed by atoms with Crippen LogP contribution >= 0.6 is 0 Å². The molecule has 102 valence electrons. The smallest absolute Gasteiger partial charge is 0.295 e. The molecule has 0 saturated heterocycles. The normalized spacial score (nSPS) is 10.3. The van der Waals surface area contributed by atoms with E-state index in [1.165, 1.54) is 30.9 Å². The van der Waals surface area contributed by atoms with Gasteiger partial charge in [0.1, 0.15) is 17.3 Å². The Labute approximate surface area is 114 Å². The Bertz CT molecular complexity index is 789. The van der Waals surface area contributed by atoms with Gasteiger partial charge < -0.3 is 4.57 Å². The molecule has 0 atom stereocenters. The lowest BCUT2D eigenvalue weighted by atomic mass is 10.2. The largest absolute Gasteiger partial charge is 0.309 e. The molecular weight excluding hydrogens is 260 g/mol. The van der Waals surface area contributed by atoms with Crippen molar-refractivity contribution in [1.29, 1.82) is 5.26 Å². The van der Waals surface area contributed by atoms with Crippen LogP contribution in [0.1, 0.15) is 16.1 Å². The van der Waals surface area contributed by atoms with Crippen molar-refractivity contribution in [1.82, 2.24) is 14.6 Å². The predicted octanol–water partition coefficient (Wildman–Crippen LogP) is 0.439. The first kappa shape index (κ1) is 13.7. The van der Waals surface area contributed by atoms with Crippen LogP contribution in [-0.4, -0.2) is 34.7 Å². The fraction of sp³-hybridized carbons (Fsp3) is 0.231. The SMILES string of the molecule is CON(C)C(=O)c1ccc2c(cc(C#N)c(=O)n2C)n1. The van der Waals surface area contributed by atoms with Gasteiger partial charge in [0.05, 0.1) is 18.1 Å². The molecule has 0 bridgehead atoms. The highest BCUT2D eigenvalue weighted by atomic mass is 16.7. The van der Waals surface area contributed by atoms with Crippen molar-refractivity contribution in [3.8, 4) is 6.07 Å². The number of hydrogen-bond acceptors (Lipinski definition) is 5. The number of nitriles is 1. The van der Waals surface area contributed by atoms with Gasteiger partial charge in [-0.2, -0.15) is 5.26 Å². The minimum absolute atomic E-state index is 0.0165. The van der Waals surface area contributed by atoms with Crippen molar-refractivity contribution in [3.05, 3.63) is 39.8 Å². The van der Waals surface area contributed by atoms with E-state index in [2.05, 4.69) is 4.98 Å². The Morgan fingerprint density at radius 1 is 1.50 bits per heavy atom. The minimum Gasteiger partial charge on any atom is -0.309 e. The first-order valence-electron chi connectivity index (χ1n) is 5.72. The van der Waals surface area contributed by atoms with Crippen LogP contribution in [0.15, 0.2) is 23.0 Å². The van der Waals surface area contributed by atoms with Gasteiger partial charge in [0, 0.05) is 14.1 Å². The summed E-state index contributed by atoms with van der Waals surface area (Å²) in [6.45, 7) is 0. The minimum atomic E-state index is -0.415. The van der Waals surface area contributed by atoms with Crippen LogP contribution in [0.2, 0.25) is 0 Å². The number of nitrogens with zero attached hydrogens (tertiary/aromatic N) is 4. The van der Waals surface area contributed by atoms with Gasteiger partial charge in [-0.05, 0) is 18.2 Å². The number of carbonyl (C=O) groups is 1. The van der Waals surface area contributed by atoms with E-state index < -0.39 is 11.5 Å². The Balaban J connectivity index is 2.67. The van der Waals surface area contributed by atoms with Gasteiger partial charge in [0.25, 0.3) is 11.5 Å². The zero-order valence-electron chi connectivity index (χ0n) is 11.2. The Hall–Kier alpha value is -2.72. The van der Waals surface area contributed by atoms with Crippen LogP contribution in [0.5, 0.6) is 0 Å². The molecule has 7 nitrogen and oxygen atoms in total. The highest BCUT2D eigenvalue weighted by Crippen LogP contribution is 2.12. The quantitative estimate of drug-likeness (QED) is 0.740. The van der Waals surface area contributed by atoms with E-state index in [4.69, 9.17) is 10.1 Å². The van der Waals surface area contributed by atoms with Crippen LogP contribution in [-0.2, 0) is 11.9 Å². The number of hydrogen-bond donors (Lipinski definition) is 0. The Kier molecular flexibility index (Phi) is 3.50. The summed E-state index contributed by atoms with van der Waals surface area (Å²) >= 11 is 0. The summed E-state index contributed by atoms with van der Waals surface area (Å²) in [6, 6.07) is 6.31. The maximum Gasteiger partial charge on any atom is 0.295 e. The van der Waals surface area contributed by atoms with Crippen LogP contribution < -0.4 is 5.56 Å². The van der Waals surface area contributed by atoms with E-state index in [9.17, 15) is 9.59 Å². The molecule has 0 aromatic carbocycles. The highest BCUT2D eigenvalue weighted by Gasteiger charge is 2.15. The molecule has 0 aliphatic heterocycles. The maximum atomic E-state index is 11.9. The molecule has 0 unspecified atom stereocenters. The maximum absolute atomic E-state index is 11.9. The molecule has 0 radical (unpaired) electrons. The van der Waals surface area contributed by atoms with E-state index in [1.54, 1.807) is 13.1 Å². The van der Waals surface area contributed by atoms with E-state index in [1.807, 2.05) is 6.07 Å². The van der Waals surface area contributed by atoms with Crippen LogP contribution in [0.25, 0.3) is 11.0 Å². The summed E-state index contributed by atoms with van der Waals surface area (Å²) in [7, 11) is 4.39. The first-order chi connectivity index (χ1) is 9.49. The van der Waals surface area contributed by atoms with Crippen molar-refractivity contribution in [2.45, 2.75) is 0 Å². The second kappa shape index (κ2) is 5.11. The molecule has 0 N–H and O–H groups in total. The molecule has 7 heteroatoms. The van der Waals surface area contributed by atoms with Crippen molar-refractivity contribution >= 4 is 16.9 Å². The molecule has 0 spiro atoms. The average Bonchev–Trinajstić information content (AvgIpc) is 2.48. The van der Waals surface area contributed by atoms with Crippen molar-refractivity contribution < 1.29 is 9.63 Å². The van der Waals surface area contributed by atoms with Crippen LogP contribution in [0.3, 0.4) is 0 Å². The number of rotatable bonds is 2. The van der Waals surface area contributed by atoms with Crippen molar-refractivity contribution in [3.63, 3.8) is 0 Å². The van der Waals surface area contributed by atoms with Gasteiger partial charge in [-0.15, -0.1) is 0 Å². The zero-order valence-corrected chi connectivity index (χ0v) is 11.2. The van der Waals surface area contributed by atoms with E-state index in [-0.39, 0.29) is 11.3 Å². The van der Waals surface area contributed by atoms with Gasteiger partial charge in [-0.3, -0.25) is 14.4 Å². The third-order valence-electron chi connectivity index (χ3n) is 2.98. The van der Waals surface area contributed by atoms with Gasteiger partial charge in [0.2, 0.25) is 0 Å². The summed E-state index contributed by atoms with van der Waals surface area (Å²) in [5.74, 6) is -0.415. The number of fused-ring (bicyclic) bond motifs is 1. The molecule has 0 aliphatic carbocycles. The molecule has 20 heavy (non-hydrogen) atoms. The monoisotopic (exact) mass is 272 g/mol. The summed E-state index contributed by atoms with van der Waals surface area (Å²) < 4.78 is 1.33. The third-order valence-corrected chi connectivity index (χ3v) is 2.98. The third kappa shape index (κ3) is 2.13. The lowest BCUT2D eigenvalue weighted by Crippen LogP contribution is -2.26. The fourth-order valence-electron chi connectivity index (χ4n) is 1.79. The van der Waals surface area contributed by atoms with Gasteiger partial charge in [-0.25, -0.2) is 10.0 Å². The Morgan fingerprint density at radius 3 is 2.80 bits per heavy atom. The van der Waals surface area contributed by atoms with Gasteiger partial charge >= 0.3 is 0 Å². The second-order valence-corrected chi connectivity index (χ2v) is 4.12. The molecule has 2 rings (SSSR count). The highest BCUT2D eigenvalue weighted by molar-refractivity contribution is 5.93. The van der Waals surface area contributed by atoms with E-state index in [0.717, 1.165) is 5.06 Å². The molecule has 1 amide bonds. The summed E-state index contributed by atoms with van der Waals surface area (Å²) in [6.07, 6.45) is 0. The van der Waals surface area contributed by atoms with Crippen molar-refractivity contribution in [2.75, 3.05) is 14.2 Å². The summed E-state index contributed by atoms with van der Waals surface area (Å²) in [4.78, 5) is 32.7. The zero-order chi connectivity index (χ0) is 14.9. The predicted molar refractivity (Wildman–Crippen MR) is 70.8 cm³/mol. The number of hydroxylamine groups is 2. The molecule has 2 aromatic rings. The number of aromatic nitrogens is 2. The lowest BCUT2D eigenvalue weighted by Gasteiger charge is -2.13. The number of aryl methyl sites for hydroxylation is 1. The fourth-order valence-corrected chi connectivity index (χ4v) is 1.79. The van der Waals surface area contributed by atoms with Crippen molar-refractivity contribution in [2.24, 2.45) is 7.05 Å². The topological polar surface area (TPSA) is 88.2 Å². The number of pyridine rings is 2. The number of amides is 1. The second-order valence-electron chi connectivity index (χ2n) is 4.12. The van der Waals surface area contributed by atoms with Gasteiger partial charge in [-0.1, -0.05) is 0 Å². The first-order valence-corrected chi connectivity index (χ1v) is 5.72. The van der Waals surface area contributed by atoms with E-state index in [0.29, 0.717) is 11.0 Å². The molecule has 2 aromatic heterocycles. The molecular formula is C13H12N4O3. The summed E-state index contributed by atoms with van der Waals surface area (Å²) in [5.41, 5.74) is 0.709. The molecule has 0 saturated carbocycles. The van der Waals surface area contributed by atoms with Crippen LogP contribution in [0.4, 0.5) is 0 Å². The molecule has 2 heterocycles. The lowest BCUT2D eigenvalue weighted by molar-refractivity contribution is -0.0760. The molecule has 0 fully saturated rings. The Morgan fingerprint density at radius 2 is 2.20 bits per heavy atom.